The van der Waals surface area contributed by atoms with Gasteiger partial charge in [-0.1, -0.05) is 22.0 Å². The molecule has 2 aliphatic carbocycles. The highest BCUT2D eigenvalue weighted by Gasteiger charge is 2.48. The maximum Gasteiger partial charge on any atom is 0.225 e. The highest BCUT2D eigenvalue weighted by atomic mass is 79.9. The predicted octanol–water partition coefficient (Wildman–Crippen LogP) is 2.74. The molecule has 2 fully saturated rings. The second-order valence-electron chi connectivity index (χ2n) is 6.03. The SMILES string of the molecule is Cl.NC1C2CCC(C2)C1C(=O)NCCOc1cccc(Br)c1. The van der Waals surface area contributed by atoms with E-state index in [1.807, 2.05) is 24.3 Å². The van der Waals surface area contributed by atoms with Gasteiger partial charge < -0.3 is 15.8 Å². The van der Waals surface area contributed by atoms with Gasteiger partial charge in [-0.05, 0) is 49.3 Å². The van der Waals surface area contributed by atoms with Crippen molar-refractivity contribution in [3.8, 4) is 5.75 Å². The zero-order valence-electron chi connectivity index (χ0n) is 12.3. The number of amides is 1. The highest BCUT2D eigenvalue weighted by Crippen LogP contribution is 2.47. The van der Waals surface area contributed by atoms with Crippen molar-refractivity contribution in [2.24, 2.45) is 23.5 Å². The van der Waals surface area contributed by atoms with Crippen LogP contribution >= 0.6 is 28.3 Å². The monoisotopic (exact) mass is 388 g/mol. The summed E-state index contributed by atoms with van der Waals surface area (Å²) in [7, 11) is 0. The minimum atomic E-state index is 0. The number of halogens is 2. The van der Waals surface area contributed by atoms with Crippen molar-refractivity contribution in [2.45, 2.75) is 25.3 Å². The van der Waals surface area contributed by atoms with Crippen LogP contribution in [0.5, 0.6) is 5.75 Å². The second kappa shape index (κ2) is 7.66. The first-order chi connectivity index (χ1) is 10.1. The Morgan fingerprint density at radius 1 is 1.36 bits per heavy atom. The van der Waals surface area contributed by atoms with Gasteiger partial charge in [-0.3, -0.25) is 4.79 Å². The Hall–Kier alpha value is -0.780. The molecule has 4 unspecified atom stereocenters. The Bertz CT molecular complexity index is 527. The van der Waals surface area contributed by atoms with Gasteiger partial charge in [-0.2, -0.15) is 0 Å². The van der Waals surface area contributed by atoms with Gasteiger partial charge in [0.25, 0.3) is 0 Å². The molecule has 122 valence electrons. The number of ether oxygens (including phenoxy) is 1. The molecular formula is C16H22BrClN2O2. The van der Waals surface area contributed by atoms with Crippen LogP contribution in [-0.2, 0) is 4.79 Å². The van der Waals surface area contributed by atoms with Crippen LogP contribution < -0.4 is 15.8 Å². The normalized spacial score (nSPS) is 29.0. The molecule has 2 bridgehead atoms. The van der Waals surface area contributed by atoms with Crippen LogP contribution in [0.25, 0.3) is 0 Å². The molecule has 4 nitrogen and oxygen atoms in total. The molecule has 6 heteroatoms. The number of rotatable bonds is 5. The number of nitrogens with one attached hydrogen (secondary N) is 1. The summed E-state index contributed by atoms with van der Waals surface area (Å²) in [4.78, 5) is 12.3. The van der Waals surface area contributed by atoms with Crippen molar-refractivity contribution in [3.05, 3.63) is 28.7 Å². The van der Waals surface area contributed by atoms with Gasteiger partial charge in [0, 0.05) is 10.5 Å². The number of hydrogen-bond acceptors (Lipinski definition) is 3. The molecule has 2 saturated carbocycles. The van der Waals surface area contributed by atoms with E-state index in [1.165, 1.54) is 6.42 Å². The molecule has 0 aliphatic heterocycles. The standard InChI is InChI=1S/C16H21BrN2O2.ClH/c17-12-2-1-3-13(9-12)21-7-6-19-16(20)14-10-4-5-11(8-10)15(14)18;/h1-3,9-11,14-15H,4-8,18H2,(H,19,20);1H. The summed E-state index contributed by atoms with van der Waals surface area (Å²) in [5.74, 6) is 1.97. The van der Waals surface area contributed by atoms with E-state index in [0.717, 1.165) is 23.1 Å². The van der Waals surface area contributed by atoms with Crippen LogP contribution in [0.4, 0.5) is 0 Å². The molecule has 4 atom stereocenters. The number of hydrogen-bond donors (Lipinski definition) is 2. The van der Waals surface area contributed by atoms with Crippen molar-refractivity contribution < 1.29 is 9.53 Å². The van der Waals surface area contributed by atoms with E-state index in [2.05, 4.69) is 21.2 Å². The van der Waals surface area contributed by atoms with Crippen LogP contribution in [0, 0.1) is 17.8 Å². The van der Waals surface area contributed by atoms with Gasteiger partial charge in [-0.15, -0.1) is 12.4 Å². The molecule has 2 aliphatic rings. The molecule has 3 N–H and O–H groups in total. The summed E-state index contributed by atoms with van der Waals surface area (Å²) in [6.07, 6.45) is 3.49. The van der Waals surface area contributed by atoms with Crippen molar-refractivity contribution >= 4 is 34.2 Å². The maximum absolute atomic E-state index is 12.3. The molecule has 1 aromatic rings. The van der Waals surface area contributed by atoms with Crippen LogP contribution in [-0.4, -0.2) is 25.1 Å². The Morgan fingerprint density at radius 2 is 2.14 bits per heavy atom. The summed E-state index contributed by atoms with van der Waals surface area (Å²) in [6, 6.07) is 7.73. The van der Waals surface area contributed by atoms with E-state index in [-0.39, 0.29) is 30.3 Å². The fraction of sp³-hybridized carbons (Fsp3) is 0.562. The summed E-state index contributed by atoms with van der Waals surface area (Å²) in [6.45, 7) is 0.990. The molecule has 0 spiro atoms. The fourth-order valence-corrected chi connectivity index (χ4v) is 4.12. The topological polar surface area (TPSA) is 64.4 Å². The minimum absolute atomic E-state index is 0. The first kappa shape index (κ1) is 17.6. The highest BCUT2D eigenvalue weighted by molar-refractivity contribution is 9.10. The Kier molecular flexibility index (Phi) is 6.12. The first-order valence-electron chi connectivity index (χ1n) is 7.57. The van der Waals surface area contributed by atoms with Gasteiger partial charge >= 0.3 is 0 Å². The molecule has 3 rings (SSSR count). The Labute approximate surface area is 145 Å². The van der Waals surface area contributed by atoms with Gasteiger partial charge in [0.15, 0.2) is 0 Å². The smallest absolute Gasteiger partial charge is 0.225 e. The fourth-order valence-electron chi connectivity index (χ4n) is 3.74. The lowest BCUT2D eigenvalue weighted by molar-refractivity contribution is -0.127. The van der Waals surface area contributed by atoms with Crippen LogP contribution in [0.1, 0.15) is 19.3 Å². The summed E-state index contributed by atoms with van der Waals surface area (Å²) < 4.78 is 6.60. The van der Waals surface area contributed by atoms with Crippen molar-refractivity contribution in [1.29, 1.82) is 0 Å². The van der Waals surface area contributed by atoms with Gasteiger partial charge in [-0.25, -0.2) is 0 Å². The lowest BCUT2D eigenvalue weighted by Crippen LogP contribution is -2.46. The van der Waals surface area contributed by atoms with Crippen LogP contribution in [0.15, 0.2) is 28.7 Å². The molecule has 1 amide bonds. The molecular weight excluding hydrogens is 368 g/mol. The van der Waals surface area contributed by atoms with Crippen molar-refractivity contribution in [1.82, 2.24) is 5.32 Å². The third-order valence-electron chi connectivity index (χ3n) is 4.75. The summed E-state index contributed by atoms with van der Waals surface area (Å²) in [5, 5.41) is 2.97. The maximum atomic E-state index is 12.3. The van der Waals surface area contributed by atoms with Gasteiger partial charge in [0.2, 0.25) is 5.91 Å². The lowest BCUT2D eigenvalue weighted by atomic mass is 9.84. The Balaban J connectivity index is 0.00000176. The zero-order valence-corrected chi connectivity index (χ0v) is 14.7. The lowest BCUT2D eigenvalue weighted by Gasteiger charge is -2.27. The van der Waals surface area contributed by atoms with Crippen LogP contribution in [0.2, 0.25) is 0 Å². The molecule has 0 aromatic heterocycles. The van der Waals surface area contributed by atoms with E-state index in [9.17, 15) is 4.79 Å². The molecule has 22 heavy (non-hydrogen) atoms. The number of nitrogens with two attached hydrogens (primary N) is 1. The number of carbonyl (C=O) groups is 1. The third kappa shape index (κ3) is 3.76. The largest absolute Gasteiger partial charge is 0.492 e. The van der Waals surface area contributed by atoms with E-state index in [1.54, 1.807) is 0 Å². The molecule has 0 radical (unpaired) electrons. The van der Waals surface area contributed by atoms with E-state index < -0.39 is 0 Å². The van der Waals surface area contributed by atoms with Crippen molar-refractivity contribution in [2.75, 3.05) is 13.2 Å². The van der Waals surface area contributed by atoms with Gasteiger partial charge in [0.05, 0.1) is 12.5 Å². The Morgan fingerprint density at radius 3 is 2.82 bits per heavy atom. The second-order valence-corrected chi connectivity index (χ2v) is 6.95. The van der Waals surface area contributed by atoms with Crippen LogP contribution in [0.3, 0.4) is 0 Å². The molecule has 1 aromatic carbocycles. The third-order valence-corrected chi connectivity index (χ3v) is 5.24. The number of fused-ring (bicyclic) bond motifs is 2. The number of carbonyl (C=O) groups excluding carboxylic acids is 1. The zero-order chi connectivity index (χ0) is 14.8. The van der Waals surface area contributed by atoms with Crippen molar-refractivity contribution in [3.63, 3.8) is 0 Å². The number of benzene rings is 1. The summed E-state index contributed by atoms with van der Waals surface area (Å²) in [5.41, 5.74) is 6.18. The van der Waals surface area contributed by atoms with E-state index in [4.69, 9.17) is 10.5 Å². The van der Waals surface area contributed by atoms with Gasteiger partial charge in [0.1, 0.15) is 12.4 Å². The quantitative estimate of drug-likeness (QED) is 0.761. The van der Waals surface area contributed by atoms with E-state index in [0.29, 0.717) is 25.0 Å². The first-order valence-corrected chi connectivity index (χ1v) is 8.36. The summed E-state index contributed by atoms with van der Waals surface area (Å²) >= 11 is 3.40. The predicted molar refractivity (Wildman–Crippen MR) is 92.2 cm³/mol. The molecule has 0 heterocycles. The average molecular weight is 390 g/mol. The average Bonchev–Trinajstić information content (AvgIpc) is 3.04. The van der Waals surface area contributed by atoms with E-state index >= 15 is 0 Å². The minimum Gasteiger partial charge on any atom is -0.492 e. The molecule has 0 saturated heterocycles.